The van der Waals surface area contributed by atoms with Crippen LogP contribution in [0.5, 0.6) is 5.75 Å². The van der Waals surface area contributed by atoms with Gasteiger partial charge in [-0.1, -0.05) is 6.92 Å². The van der Waals surface area contributed by atoms with E-state index >= 15 is 0 Å². The Morgan fingerprint density at radius 2 is 1.83 bits per heavy atom. The number of rotatable bonds is 6. The van der Waals surface area contributed by atoms with Gasteiger partial charge in [0.2, 0.25) is 5.91 Å². The first kappa shape index (κ1) is 19.4. The van der Waals surface area contributed by atoms with Gasteiger partial charge in [0.25, 0.3) is 0 Å². The van der Waals surface area contributed by atoms with Gasteiger partial charge in [-0.25, -0.2) is 0 Å². The predicted molar refractivity (Wildman–Crippen MR) is 75.1 cm³/mol. The van der Waals surface area contributed by atoms with E-state index in [0.717, 1.165) is 24.3 Å². The standard InChI is InChI=1S/C13H11F3N2O5S/c1-2-11(19)10(7-17)12(20)18-8-3-5-9(6-4-8)23-24(21,22)13(14,15)16/h3-6,10H,2H2,1H3,(H,18,20). The zero-order chi connectivity index (χ0) is 18.5. The van der Waals surface area contributed by atoms with E-state index in [1.54, 1.807) is 6.07 Å². The van der Waals surface area contributed by atoms with Crippen molar-refractivity contribution in [3.8, 4) is 11.8 Å². The van der Waals surface area contributed by atoms with Crippen molar-refractivity contribution in [3.63, 3.8) is 0 Å². The molecule has 1 aromatic carbocycles. The molecule has 1 aromatic rings. The summed E-state index contributed by atoms with van der Waals surface area (Å²) in [6.45, 7) is 1.48. The lowest BCUT2D eigenvalue weighted by atomic mass is 10.0. The lowest BCUT2D eigenvalue weighted by Crippen LogP contribution is -2.28. The summed E-state index contributed by atoms with van der Waals surface area (Å²) in [5.74, 6) is -3.63. The minimum atomic E-state index is -5.79. The third kappa shape index (κ3) is 4.69. The fourth-order valence-corrected chi connectivity index (χ4v) is 1.92. The predicted octanol–water partition coefficient (Wildman–Crippen LogP) is 1.97. The molecule has 1 atom stereocenters. The molecule has 0 aliphatic heterocycles. The summed E-state index contributed by atoms with van der Waals surface area (Å²) in [4.78, 5) is 23.2. The highest BCUT2D eigenvalue weighted by atomic mass is 32.2. The van der Waals surface area contributed by atoms with Crippen molar-refractivity contribution < 1.29 is 35.4 Å². The Labute approximate surface area is 135 Å². The Kier molecular flexibility index (Phi) is 5.92. The molecule has 0 aromatic heterocycles. The third-order valence-corrected chi connectivity index (χ3v) is 3.65. The quantitative estimate of drug-likeness (QED) is 0.469. The molecule has 1 unspecified atom stereocenters. The number of hydrogen-bond donors (Lipinski definition) is 1. The molecule has 1 N–H and O–H groups in total. The van der Waals surface area contributed by atoms with Crippen molar-refractivity contribution in [3.05, 3.63) is 24.3 Å². The second-order valence-electron chi connectivity index (χ2n) is 4.38. The molecular formula is C13H11F3N2O5S. The molecule has 0 fully saturated rings. The molecule has 0 bridgehead atoms. The monoisotopic (exact) mass is 364 g/mol. The Hall–Kier alpha value is -2.61. The van der Waals surface area contributed by atoms with Crippen molar-refractivity contribution in [1.82, 2.24) is 0 Å². The highest BCUT2D eigenvalue weighted by molar-refractivity contribution is 7.88. The van der Waals surface area contributed by atoms with Gasteiger partial charge in [-0.2, -0.15) is 26.9 Å². The Bertz CT molecular complexity index is 766. The van der Waals surface area contributed by atoms with Crippen LogP contribution in [0.2, 0.25) is 0 Å². The molecule has 24 heavy (non-hydrogen) atoms. The molecule has 0 spiro atoms. The van der Waals surface area contributed by atoms with Gasteiger partial charge in [0.05, 0.1) is 6.07 Å². The van der Waals surface area contributed by atoms with E-state index in [0.29, 0.717) is 0 Å². The van der Waals surface area contributed by atoms with E-state index in [1.165, 1.54) is 6.92 Å². The summed E-state index contributed by atoms with van der Waals surface area (Å²) in [5, 5.41) is 11.0. The zero-order valence-corrected chi connectivity index (χ0v) is 12.9. The topological polar surface area (TPSA) is 113 Å². The summed E-state index contributed by atoms with van der Waals surface area (Å²) in [6, 6.07) is 5.41. The number of ketones is 1. The second-order valence-corrected chi connectivity index (χ2v) is 5.92. The SMILES string of the molecule is CCC(=O)C(C#N)C(=O)Nc1ccc(OS(=O)(=O)C(F)(F)F)cc1. The van der Waals surface area contributed by atoms with Crippen LogP contribution in [0.4, 0.5) is 18.9 Å². The van der Waals surface area contributed by atoms with Crippen LogP contribution >= 0.6 is 0 Å². The molecule has 0 heterocycles. The van der Waals surface area contributed by atoms with Gasteiger partial charge < -0.3 is 9.50 Å². The molecule has 130 valence electrons. The van der Waals surface area contributed by atoms with Crippen LogP contribution in [0.1, 0.15) is 13.3 Å². The minimum Gasteiger partial charge on any atom is -0.376 e. The first-order chi connectivity index (χ1) is 11.0. The van der Waals surface area contributed by atoms with Crippen molar-refractivity contribution in [2.75, 3.05) is 5.32 Å². The van der Waals surface area contributed by atoms with E-state index < -0.39 is 39.0 Å². The summed E-state index contributed by atoms with van der Waals surface area (Å²) >= 11 is 0. The molecule has 1 rings (SSSR count). The Balaban J connectivity index is 2.84. The molecule has 0 saturated heterocycles. The van der Waals surface area contributed by atoms with Gasteiger partial charge in [0, 0.05) is 12.1 Å². The number of benzene rings is 1. The van der Waals surface area contributed by atoms with Crippen LogP contribution in [-0.4, -0.2) is 25.6 Å². The average Bonchev–Trinajstić information content (AvgIpc) is 2.48. The van der Waals surface area contributed by atoms with Crippen molar-refractivity contribution in [2.45, 2.75) is 18.9 Å². The van der Waals surface area contributed by atoms with Crippen LogP contribution in [-0.2, 0) is 19.7 Å². The number of alkyl halides is 3. The van der Waals surface area contributed by atoms with Crippen LogP contribution in [0.25, 0.3) is 0 Å². The van der Waals surface area contributed by atoms with Crippen molar-refractivity contribution in [1.29, 1.82) is 5.26 Å². The van der Waals surface area contributed by atoms with Gasteiger partial charge in [0.15, 0.2) is 11.7 Å². The highest BCUT2D eigenvalue weighted by Gasteiger charge is 2.48. The number of amides is 1. The Morgan fingerprint density at radius 1 is 1.29 bits per heavy atom. The summed E-state index contributed by atoms with van der Waals surface area (Å²) in [6.07, 6.45) is -0.0201. The highest BCUT2D eigenvalue weighted by Crippen LogP contribution is 2.27. The fourth-order valence-electron chi connectivity index (χ4n) is 1.46. The minimum absolute atomic E-state index is 0.0201. The molecule has 0 aliphatic carbocycles. The number of halogens is 3. The third-order valence-electron chi connectivity index (χ3n) is 2.67. The number of carbonyl (C=O) groups excluding carboxylic acids is 2. The number of nitriles is 1. The Morgan fingerprint density at radius 3 is 2.25 bits per heavy atom. The fraction of sp³-hybridized carbons (Fsp3) is 0.308. The van der Waals surface area contributed by atoms with Gasteiger partial charge in [-0.15, -0.1) is 0 Å². The summed E-state index contributed by atoms with van der Waals surface area (Å²) in [7, 11) is -5.79. The molecule has 11 heteroatoms. The van der Waals surface area contributed by atoms with Crippen LogP contribution in [0, 0.1) is 17.2 Å². The van der Waals surface area contributed by atoms with Gasteiger partial charge in [0.1, 0.15) is 5.75 Å². The lowest BCUT2D eigenvalue weighted by molar-refractivity contribution is -0.128. The van der Waals surface area contributed by atoms with Gasteiger partial charge >= 0.3 is 15.6 Å². The normalized spacial score (nSPS) is 12.8. The average molecular weight is 364 g/mol. The van der Waals surface area contributed by atoms with Crippen molar-refractivity contribution >= 4 is 27.5 Å². The zero-order valence-electron chi connectivity index (χ0n) is 12.1. The van der Waals surface area contributed by atoms with Gasteiger partial charge in [-0.3, -0.25) is 9.59 Å². The maximum atomic E-state index is 12.2. The molecule has 1 amide bonds. The number of hydrogen-bond acceptors (Lipinski definition) is 6. The summed E-state index contributed by atoms with van der Waals surface area (Å²) < 4.78 is 62.1. The van der Waals surface area contributed by atoms with Crippen LogP contribution < -0.4 is 9.50 Å². The lowest BCUT2D eigenvalue weighted by Gasteiger charge is -2.11. The molecule has 0 radical (unpaired) electrons. The smallest absolute Gasteiger partial charge is 0.376 e. The summed E-state index contributed by atoms with van der Waals surface area (Å²) in [5.41, 5.74) is -5.53. The molecule has 0 saturated carbocycles. The maximum Gasteiger partial charge on any atom is 0.534 e. The van der Waals surface area contributed by atoms with E-state index in [-0.39, 0.29) is 12.1 Å². The van der Waals surface area contributed by atoms with E-state index in [2.05, 4.69) is 9.50 Å². The van der Waals surface area contributed by atoms with Crippen molar-refractivity contribution in [2.24, 2.45) is 5.92 Å². The van der Waals surface area contributed by atoms with Crippen LogP contribution in [0.3, 0.4) is 0 Å². The second kappa shape index (κ2) is 7.31. The van der Waals surface area contributed by atoms with E-state index in [9.17, 15) is 31.2 Å². The number of carbonyl (C=O) groups is 2. The van der Waals surface area contributed by atoms with E-state index in [4.69, 9.17) is 5.26 Å². The molecular weight excluding hydrogens is 353 g/mol. The first-order valence-corrected chi connectivity index (χ1v) is 7.76. The number of nitrogens with one attached hydrogen (secondary N) is 1. The first-order valence-electron chi connectivity index (χ1n) is 6.36. The molecule has 0 aliphatic rings. The van der Waals surface area contributed by atoms with Crippen LogP contribution in [0.15, 0.2) is 24.3 Å². The molecule has 7 nitrogen and oxygen atoms in total. The number of Topliss-reactive ketones (excluding diaryl/α,β-unsaturated/α-hetero) is 1. The largest absolute Gasteiger partial charge is 0.534 e. The van der Waals surface area contributed by atoms with E-state index in [1.807, 2.05) is 0 Å². The number of anilines is 1. The maximum absolute atomic E-state index is 12.2. The van der Waals surface area contributed by atoms with Gasteiger partial charge in [-0.05, 0) is 24.3 Å². The number of nitrogens with zero attached hydrogens (tertiary/aromatic N) is 1.